The molecule has 0 heterocycles. The molecular formula is C26H46O2. The first-order valence-corrected chi connectivity index (χ1v) is 12.7. The smallest absolute Gasteiger partial charge is 0.0604 e. The summed E-state index contributed by atoms with van der Waals surface area (Å²) in [5.41, 5.74) is 0.330. The van der Waals surface area contributed by atoms with Gasteiger partial charge in [0.25, 0.3) is 0 Å². The standard InChI is InChI=1S/C26H46O2/c1-6-8-15(3)19-9-10-20-23(19)16(4)13-22-24(20)25(28)18(7-2)21-14-17(27)11-12-26(21,22)5/h15-25,27-28H,6-14H2,1-5H3/t15-,16-,17-,18-,19-,20?,21+,22?,23+,24?,25?,26+/m1/s1. The number of rotatable bonds is 4. The Morgan fingerprint density at radius 2 is 1.75 bits per heavy atom. The van der Waals surface area contributed by atoms with Gasteiger partial charge in [0.05, 0.1) is 12.2 Å². The molecule has 28 heavy (non-hydrogen) atoms. The quantitative estimate of drug-likeness (QED) is 0.627. The van der Waals surface area contributed by atoms with Crippen molar-refractivity contribution in [2.75, 3.05) is 0 Å². The van der Waals surface area contributed by atoms with Crippen LogP contribution in [0.4, 0.5) is 0 Å². The monoisotopic (exact) mass is 390 g/mol. The van der Waals surface area contributed by atoms with Crippen molar-refractivity contribution in [3.8, 4) is 0 Å². The Hall–Kier alpha value is -0.0800. The Bertz CT molecular complexity index is 547. The fourth-order valence-electron chi connectivity index (χ4n) is 9.44. The lowest BCUT2D eigenvalue weighted by atomic mass is 9.42. The van der Waals surface area contributed by atoms with Gasteiger partial charge in [-0.1, -0.05) is 53.9 Å². The molecule has 0 aromatic heterocycles. The van der Waals surface area contributed by atoms with Gasteiger partial charge in [0.1, 0.15) is 0 Å². The number of hydrogen-bond donors (Lipinski definition) is 2. The van der Waals surface area contributed by atoms with Gasteiger partial charge in [0, 0.05) is 0 Å². The van der Waals surface area contributed by atoms with Gasteiger partial charge in [0.2, 0.25) is 0 Å². The molecule has 0 bridgehead atoms. The van der Waals surface area contributed by atoms with Crippen molar-refractivity contribution in [1.29, 1.82) is 0 Å². The number of fused-ring (bicyclic) bond motifs is 5. The van der Waals surface area contributed by atoms with Crippen molar-refractivity contribution in [3.05, 3.63) is 0 Å². The van der Waals surface area contributed by atoms with E-state index in [1.165, 1.54) is 38.5 Å². The third-order valence-corrected chi connectivity index (χ3v) is 10.6. The Labute approximate surface area is 173 Å². The average molecular weight is 391 g/mol. The molecule has 4 unspecified atom stereocenters. The molecule has 0 amide bonds. The average Bonchev–Trinajstić information content (AvgIpc) is 3.10. The van der Waals surface area contributed by atoms with Crippen LogP contribution < -0.4 is 0 Å². The normalized spacial score (nSPS) is 54.5. The Kier molecular flexibility index (Phi) is 5.95. The van der Waals surface area contributed by atoms with E-state index in [1.54, 1.807) is 0 Å². The molecule has 2 nitrogen and oxygen atoms in total. The molecule has 2 heteroatoms. The van der Waals surface area contributed by atoms with E-state index in [0.717, 1.165) is 48.9 Å². The molecule has 0 radical (unpaired) electrons. The van der Waals surface area contributed by atoms with Gasteiger partial charge < -0.3 is 10.2 Å². The van der Waals surface area contributed by atoms with Crippen molar-refractivity contribution in [1.82, 2.24) is 0 Å². The van der Waals surface area contributed by atoms with E-state index in [4.69, 9.17) is 0 Å². The van der Waals surface area contributed by atoms with Gasteiger partial charge in [-0.3, -0.25) is 0 Å². The van der Waals surface area contributed by atoms with Crippen LogP contribution in [0.15, 0.2) is 0 Å². The van der Waals surface area contributed by atoms with Crippen molar-refractivity contribution < 1.29 is 10.2 Å². The van der Waals surface area contributed by atoms with Crippen LogP contribution >= 0.6 is 0 Å². The lowest BCUT2D eigenvalue weighted by molar-refractivity contribution is -0.199. The summed E-state index contributed by atoms with van der Waals surface area (Å²) in [7, 11) is 0. The fourth-order valence-corrected chi connectivity index (χ4v) is 9.44. The summed E-state index contributed by atoms with van der Waals surface area (Å²) in [5, 5.41) is 22.1. The minimum atomic E-state index is -0.143. The van der Waals surface area contributed by atoms with Crippen molar-refractivity contribution in [3.63, 3.8) is 0 Å². The molecule has 162 valence electrons. The maximum atomic E-state index is 11.7. The number of hydrogen-bond acceptors (Lipinski definition) is 2. The van der Waals surface area contributed by atoms with Crippen LogP contribution in [0.3, 0.4) is 0 Å². The zero-order valence-electron chi connectivity index (χ0n) is 19.1. The Morgan fingerprint density at radius 1 is 1.00 bits per heavy atom. The number of aliphatic hydroxyl groups excluding tert-OH is 2. The Morgan fingerprint density at radius 3 is 2.43 bits per heavy atom. The van der Waals surface area contributed by atoms with E-state index >= 15 is 0 Å². The molecule has 0 aromatic rings. The van der Waals surface area contributed by atoms with Crippen LogP contribution in [-0.4, -0.2) is 22.4 Å². The topological polar surface area (TPSA) is 40.5 Å². The first-order valence-electron chi connectivity index (χ1n) is 12.7. The first kappa shape index (κ1) is 21.2. The summed E-state index contributed by atoms with van der Waals surface area (Å²) in [5.74, 6) is 6.19. The lowest BCUT2D eigenvalue weighted by Crippen LogP contribution is -2.61. The van der Waals surface area contributed by atoms with Crippen LogP contribution in [0.5, 0.6) is 0 Å². The molecule has 12 atom stereocenters. The summed E-state index contributed by atoms with van der Waals surface area (Å²) < 4.78 is 0. The minimum Gasteiger partial charge on any atom is -0.393 e. The molecule has 2 N–H and O–H groups in total. The predicted molar refractivity (Wildman–Crippen MR) is 116 cm³/mol. The van der Waals surface area contributed by atoms with Crippen molar-refractivity contribution >= 4 is 0 Å². The highest BCUT2D eigenvalue weighted by molar-refractivity contribution is 5.11. The van der Waals surface area contributed by atoms with Gasteiger partial charge in [-0.25, -0.2) is 0 Å². The van der Waals surface area contributed by atoms with Crippen LogP contribution in [0.1, 0.15) is 92.4 Å². The second-order valence-electron chi connectivity index (χ2n) is 11.7. The molecule has 4 saturated carbocycles. The van der Waals surface area contributed by atoms with Crippen LogP contribution in [0, 0.1) is 58.7 Å². The second-order valence-corrected chi connectivity index (χ2v) is 11.7. The van der Waals surface area contributed by atoms with Gasteiger partial charge in [-0.2, -0.15) is 0 Å². The van der Waals surface area contributed by atoms with Gasteiger partial charge in [0.15, 0.2) is 0 Å². The molecule has 0 aliphatic heterocycles. The summed E-state index contributed by atoms with van der Waals surface area (Å²) >= 11 is 0. The van der Waals surface area contributed by atoms with E-state index in [9.17, 15) is 10.2 Å². The number of aliphatic hydroxyl groups is 2. The van der Waals surface area contributed by atoms with Gasteiger partial charge >= 0.3 is 0 Å². The van der Waals surface area contributed by atoms with E-state index < -0.39 is 0 Å². The first-order chi connectivity index (χ1) is 13.3. The summed E-state index contributed by atoms with van der Waals surface area (Å²) in [6, 6.07) is 0. The summed E-state index contributed by atoms with van der Waals surface area (Å²) in [6.07, 6.45) is 10.6. The molecular weight excluding hydrogens is 344 g/mol. The molecule has 4 rings (SSSR count). The van der Waals surface area contributed by atoms with Crippen molar-refractivity contribution in [2.45, 2.75) is 105 Å². The zero-order chi connectivity index (χ0) is 20.2. The molecule has 0 saturated heterocycles. The highest BCUT2D eigenvalue weighted by atomic mass is 16.3. The fraction of sp³-hybridized carbons (Fsp3) is 1.00. The third kappa shape index (κ3) is 3.11. The van der Waals surface area contributed by atoms with Crippen LogP contribution in [0.2, 0.25) is 0 Å². The predicted octanol–water partition coefficient (Wildman–Crippen LogP) is 5.91. The largest absolute Gasteiger partial charge is 0.393 e. The Balaban J connectivity index is 1.66. The summed E-state index contributed by atoms with van der Waals surface area (Å²) in [6.45, 7) is 12.2. The maximum Gasteiger partial charge on any atom is 0.0604 e. The van der Waals surface area contributed by atoms with E-state index in [2.05, 4.69) is 34.6 Å². The molecule has 4 aliphatic rings. The minimum absolute atomic E-state index is 0.140. The lowest BCUT2D eigenvalue weighted by Gasteiger charge is -2.64. The zero-order valence-corrected chi connectivity index (χ0v) is 19.1. The van der Waals surface area contributed by atoms with E-state index in [1.807, 2.05) is 0 Å². The highest BCUT2D eigenvalue weighted by Crippen LogP contribution is 2.67. The van der Waals surface area contributed by atoms with Crippen molar-refractivity contribution in [2.24, 2.45) is 58.7 Å². The van der Waals surface area contributed by atoms with E-state index in [0.29, 0.717) is 29.1 Å². The maximum absolute atomic E-state index is 11.7. The molecule has 4 fully saturated rings. The van der Waals surface area contributed by atoms with Gasteiger partial charge in [-0.05, 0) is 97.2 Å². The molecule has 4 aliphatic carbocycles. The molecule has 0 aromatic carbocycles. The highest BCUT2D eigenvalue weighted by Gasteiger charge is 2.63. The van der Waals surface area contributed by atoms with Gasteiger partial charge in [-0.15, -0.1) is 0 Å². The van der Waals surface area contributed by atoms with E-state index in [-0.39, 0.29) is 12.2 Å². The second kappa shape index (κ2) is 7.88. The van der Waals surface area contributed by atoms with Crippen LogP contribution in [0.25, 0.3) is 0 Å². The van der Waals surface area contributed by atoms with Crippen LogP contribution in [-0.2, 0) is 0 Å². The summed E-state index contributed by atoms with van der Waals surface area (Å²) in [4.78, 5) is 0. The third-order valence-electron chi connectivity index (χ3n) is 10.6. The molecule has 0 spiro atoms. The SMILES string of the molecule is CCC[C@@H](C)[C@H]1CCC2C3C(O)[C@H](CC)[C@@H]4C[C@H](O)CC[C@]4(C)C3C[C@@H](C)[C@H]21.